The summed E-state index contributed by atoms with van der Waals surface area (Å²) in [5.74, 6) is -0.665. The predicted molar refractivity (Wildman–Crippen MR) is 76.9 cm³/mol. The van der Waals surface area contributed by atoms with E-state index in [0.717, 1.165) is 6.07 Å². The molecule has 2 rings (SSSR count). The molecule has 0 radical (unpaired) electrons. The van der Waals surface area contributed by atoms with Crippen LogP contribution in [-0.2, 0) is 13.2 Å². The number of nitrogen functional groups attached to an aromatic ring is 1. The van der Waals surface area contributed by atoms with Crippen molar-refractivity contribution in [3.63, 3.8) is 0 Å². The van der Waals surface area contributed by atoms with Crippen LogP contribution in [0.3, 0.4) is 0 Å². The van der Waals surface area contributed by atoms with E-state index in [-0.39, 0.29) is 15.9 Å². The largest absolute Gasteiger partial charge is 0.418 e. The van der Waals surface area contributed by atoms with Gasteiger partial charge in [0.1, 0.15) is 5.69 Å². The number of aromatic nitrogens is 1. The molecule has 0 saturated carbocycles. The van der Waals surface area contributed by atoms with Crippen molar-refractivity contribution in [1.82, 2.24) is 4.57 Å². The first kappa shape index (κ1) is 15.4. The fourth-order valence-electron chi connectivity index (χ4n) is 1.86. The molecule has 0 aliphatic rings. The summed E-state index contributed by atoms with van der Waals surface area (Å²) < 4.78 is 40.6. The molecule has 2 aromatic rings. The highest BCUT2D eigenvalue weighted by Gasteiger charge is 2.34. The summed E-state index contributed by atoms with van der Waals surface area (Å²) in [5.41, 5.74) is 4.84. The summed E-state index contributed by atoms with van der Waals surface area (Å²) in [6.45, 7) is 0. The Balaban J connectivity index is 2.36. The maximum absolute atomic E-state index is 13.0. The Morgan fingerprint density at radius 3 is 2.52 bits per heavy atom. The number of hydrogen-bond acceptors (Lipinski definition) is 2. The molecular formula is C13H11BrF3N3O. The van der Waals surface area contributed by atoms with Gasteiger partial charge in [0.2, 0.25) is 0 Å². The van der Waals surface area contributed by atoms with E-state index in [0.29, 0.717) is 5.69 Å². The first-order valence-corrected chi connectivity index (χ1v) is 6.57. The summed E-state index contributed by atoms with van der Waals surface area (Å²) in [6.07, 6.45) is -3.07. The van der Waals surface area contributed by atoms with E-state index in [4.69, 9.17) is 5.73 Å². The molecule has 112 valence electrons. The van der Waals surface area contributed by atoms with Crippen molar-refractivity contribution >= 4 is 33.2 Å². The van der Waals surface area contributed by atoms with Gasteiger partial charge in [-0.2, -0.15) is 13.2 Å². The molecule has 0 aliphatic carbocycles. The molecule has 1 amide bonds. The second kappa shape index (κ2) is 5.44. The Kier molecular flexibility index (Phi) is 3.99. The zero-order chi connectivity index (χ0) is 15.8. The van der Waals surface area contributed by atoms with Crippen molar-refractivity contribution in [2.45, 2.75) is 6.18 Å². The summed E-state index contributed by atoms with van der Waals surface area (Å²) in [6, 6.07) is 4.91. The molecule has 0 aliphatic heterocycles. The number of carbonyl (C=O) groups excluding carboxylic acids is 1. The third-order valence-electron chi connectivity index (χ3n) is 2.79. The van der Waals surface area contributed by atoms with Crippen LogP contribution >= 0.6 is 15.9 Å². The van der Waals surface area contributed by atoms with Crippen LogP contribution in [0, 0.1) is 0 Å². The van der Waals surface area contributed by atoms with E-state index >= 15 is 0 Å². The maximum Gasteiger partial charge on any atom is 0.418 e. The summed E-state index contributed by atoms with van der Waals surface area (Å²) in [7, 11) is 1.58. The van der Waals surface area contributed by atoms with Gasteiger partial charge in [0.25, 0.3) is 5.91 Å². The highest BCUT2D eigenvalue weighted by atomic mass is 79.9. The molecule has 0 bridgehead atoms. The number of carbonyl (C=O) groups is 1. The van der Waals surface area contributed by atoms with E-state index in [9.17, 15) is 18.0 Å². The molecule has 0 unspecified atom stereocenters. The molecule has 21 heavy (non-hydrogen) atoms. The highest BCUT2D eigenvalue weighted by Crippen LogP contribution is 2.36. The van der Waals surface area contributed by atoms with Gasteiger partial charge in [-0.3, -0.25) is 4.79 Å². The van der Waals surface area contributed by atoms with Crippen LogP contribution in [0.5, 0.6) is 0 Å². The van der Waals surface area contributed by atoms with Gasteiger partial charge in [-0.25, -0.2) is 0 Å². The Morgan fingerprint density at radius 2 is 2.00 bits per heavy atom. The number of hydrogen-bond donors (Lipinski definition) is 2. The molecule has 4 nitrogen and oxygen atoms in total. The van der Waals surface area contributed by atoms with Gasteiger partial charge in [0.05, 0.1) is 16.9 Å². The van der Waals surface area contributed by atoms with Crippen LogP contribution in [0.15, 0.2) is 34.9 Å². The standard InChI is InChI=1S/C13H11BrF3N3O/c1-20-6-8(18)5-11(20)12(21)19-10-3-2-7(14)4-9(10)13(15,16)17/h2-6H,18H2,1H3,(H,19,21). The first-order chi connectivity index (χ1) is 9.68. The second-order valence-electron chi connectivity index (χ2n) is 4.41. The van der Waals surface area contributed by atoms with Crippen LogP contribution < -0.4 is 11.1 Å². The molecule has 0 fully saturated rings. The van der Waals surface area contributed by atoms with Crippen LogP contribution in [0.1, 0.15) is 16.1 Å². The van der Waals surface area contributed by atoms with Crippen LogP contribution in [0.4, 0.5) is 24.5 Å². The SMILES string of the molecule is Cn1cc(N)cc1C(=O)Nc1ccc(Br)cc1C(F)(F)F. The van der Waals surface area contributed by atoms with Crippen molar-refractivity contribution in [1.29, 1.82) is 0 Å². The first-order valence-electron chi connectivity index (χ1n) is 5.78. The third-order valence-corrected chi connectivity index (χ3v) is 3.29. The van der Waals surface area contributed by atoms with Gasteiger partial charge in [-0.1, -0.05) is 15.9 Å². The number of nitrogens with zero attached hydrogens (tertiary/aromatic N) is 1. The molecule has 0 saturated heterocycles. The van der Waals surface area contributed by atoms with Crippen LogP contribution in [-0.4, -0.2) is 10.5 Å². The Bertz CT molecular complexity index is 694. The molecule has 1 heterocycles. The number of nitrogens with two attached hydrogens (primary N) is 1. The molecule has 3 N–H and O–H groups in total. The molecule has 1 aromatic heterocycles. The minimum atomic E-state index is -4.57. The normalized spacial score (nSPS) is 11.5. The fourth-order valence-corrected chi connectivity index (χ4v) is 2.22. The monoisotopic (exact) mass is 361 g/mol. The van der Waals surface area contributed by atoms with E-state index < -0.39 is 17.6 Å². The lowest BCUT2D eigenvalue weighted by atomic mass is 10.1. The van der Waals surface area contributed by atoms with Crippen molar-refractivity contribution < 1.29 is 18.0 Å². The van der Waals surface area contributed by atoms with Gasteiger partial charge in [0.15, 0.2) is 0 Å². The lowest BCUT2D eigenvalue weighted by molar-refractivity contribution is -0.136. The van der Waals surface area contributed by atoms with Crippen LogP contribution in [0.2, 0.25) is 0 Å². The summed E-state index contributed by atoms with van der Waals surface area (Å²) in [4.78, 5) is 12.0. The minimum Gasteiger partial charge on any atom is -0.397 e. The van der Waals surface area contributed by atoms with E-state index in [1.165, 1.54) is 29.0 Å². The number of aryl methyl sites for hydroxylation is 1. The topological polar surface area (TPSA) is 60.0 Å². The lowest BCUT2D eigenvalue weighted by Crippen LogP contribution is -2.18. The Hall–Kier alpha value is -1.96. The number of nitrogens with one attached hydrogen (secondary N) is 1. The van der Waals surface area contributed by atoms with Gasteiger partial charge >= 0.3 is 6.18 Å². The number of alkyl halides is 3. The van der Waals surface area contributed by atoms with Gasteiger partial charge in [0, 0.05) is 17.7 Å². The van der Waals surface area contributed by atoms with E-state index in [1.807, 2.05) is 0 Å². The Morgan fingerprint density at radius 1 is 1.33 bits per heavy atom. The van der Waals surface area contributed by atoms with Crippen molar-refractivity contribution in [2.24, 2.45) is 7.05 Å². The van der Waals surface area contributed by atoms with Crippen molar-refractivity contribution in [3.8, 4) is 0 Å². The molecule has 0 spiro atoms. The van der Waals surface area contributed by atoms with Crippen molar-refractivity contribution in [2.75, 3.05) is 11.1 Å². The number of halogens is 4. The number of rotatable bonds is 2. The second-order valence-corrected chi connectivity index (χ2v) is 5.33. The van der Waals surface area contributed by atoms with E-state index in [2.05, 4.69) is 21.2 Å². The number of amides is 1. The predicted octanol–water partition coefficient (Wildman–Crippen LogP) is 3.64. The number of benzene rings is 1. The molecule has 8 heteroatoms. The lowest BCUT2D eigenvalue weighted by Gasteiger charge is -2.14. The maximum atomic E-state index is 13.0. The average molecular weight is 362 g/mol. The third kappa shape index (κ3) is 3.38. The Labute approximate surface area is 126 Å². The molecule has 0 atom stereocenters. The van der Waals surface area contributed by atoms with Gasteiger partial charge in [-0.15, -0.1) is 0 Å². The fraction of sp³-hybridized carbons (Fsp3) is 0.154. The molecule has 1 aromatic carbocycles. The summed E-state index contributed by atoms with van der Waals surface area (Å²) >= 11 is 2.98. The smallest absolute Gasteiger partial charge is 0.397 e. The molecular weight excluding hydrogens is 351 g/mol. The van der Waals surface area contributed by atoms with E-state index in [1.54, 1.807) is 7.05 Å². The number of anilines is 2. The minimum absolute atomic E-state index is 0.170. The summed E-state index contributed by atoms with van der Waals surface area (Å²) in [5, 5.41) is 2.26. The zero-order valence-electron chi connectivity index (χ0n) is 10.8. The van der Waals surface area contributed by atoms with Gasteiger partial charge in [-0.05, 0) is 24.3 Å². The average Bonchev–Trinajstić information content (AvgIpc) is 2.69. The van der Waals surface area contributed by atoms with Crippen molar-refractivity contribution in [3.05, 3.63) is 46.2 Å². The van der Waals surface area contributed by atoms with Gasteiger partial charge < -0.3 is 15.6 Å². The zero-order valence-corrected chi connectivity index (χ0v) is 12.4. The highest BCUT2D eigenvalue weighted by molar-refractivity contribution is 9.10. The quantitative estimate of drug-likeness (QED) is 0.857. The van der Waals surface area contributed by atoms with Crippen LogP contribution in [0.25, 0.3) is 0 Å².